The van der Waals surface area contributed by atoms with Crippen LogP contribution < -0.4 is 4.43 Å². The summed E-state index contributed by atoms with van der Waals surface area (Å²) < 4.78 is 0.847. The van der Waals surface area contributed by atoms with Crippen LogP contribution in [0.25, 0.3) is 22.3 Å². The number of nitrogens with one attached hydrogen (secondary N) is 1. The van der Waals surface area contributed by atoms with Gasteiger partial charge in [0.1, 0.15) is 5.52 Å². The van der Waals surface area contributed by atoms with Crippen LogP contribution in [-0.2, 0) is 0 Å². The molecule has 0 bridgehead atoms. The van der Waals surface area contributed by atoms with E-state index < -0.39 is 0 Å². The smallest absolute Gasteiger partial charge is 0.298 e. The van der Waals surface area contributed by atoms with E-state index in [0.717, 1.165) is 9.99 Å². The molecule has 0 radical (unpaired) electrons. The first kappa shape index (κ1) is 11.1. The van der Waals surface area contributed by atoms with Crippen molar-refractivity contribution >= 4 is 16.8 Å². The van der Waals surface area contributed by atoms with E-state index >= 15 is 0 Å². The lowest BCUT2D eigenvalue weighted by molar-refractivity contribution is -0.451. The lowest BCUT2D eigenvalue weighted by Crippen LogP contribution is -2.21. The minimum absolute atomic E-state index is 0.117. The van der Waals surface area contributed by atoms with Gasteiger partial charge in [0.05, 0.1) is 9.99 Å². The fourth-order valence-electron chi connectivity index (χ4n) is 2.77. The molecule has 0 spiro atoms. The van der Waals surface area contributed by atoms with E-state index in [1.54, 1.807) is 12.1 Å². The summed E-state index contributed by atoms with van der Waals surface area (Å²) in [5.41, 5.74) is 4.30. The van der Waals surface area contributed by atoms with E-state index in [9.17, 15) is 9.70 Å². The zero-order valence-corrected chi connectivity index (χ0v) is 10.8. The van der Waals surface area contributed by atoms with Gasteiger partial charge in [-0.1, -0.05) is 23.8 Å². The summed E-state index contributed by atoms with van der Waals surface area (Å²) in [4.78, 5) is 28.1. The Morgan fingerprint density at radius 1 is 1.05 bits per heavy atom. The molecule has 4 nitrogen and oxygen atoms in total. The van der Waals surface area contributed by atoms with Crippen LogP contribution >= 0.6 is 0 Å². The van der Waals surface area contributed by atoms with Crippen LogP contribution in [0.3, 0.4) is 0 Å². The predicted molar refractivity (Wildman–Crippen MR) is 75.3 cm³/mol. The normalized spacial score (nSPS) is 12.6. The first-order chi connectivity index (χ1) is 9.66. The highest BCUT2D eigenvalue weighted by molar-refractivity contribution is 6.19. The van der Waals surface area contributed by atoms with Crippen molar-refractivity contribution in [2.45, 2.75) is 6.92 Å². The van der Waals surface area contributed by atoms with E-state index in [1.807, 2.05) is 37.3 Å². The molecule has 0 saturated heterocycles. The quantitative estimate of drug-likeness (QED) is 0.496. The maximum absolute atomic E-state index is 12.6. The van der Waals surface area contributed by atoms with Crippen molar-refractivity contribution in [2.75, 3.05) is 0 Å². The molecule has 0 atom stereocenters. The number of hydrogen-bond acceptors (Lipinski definition) is 2. The third-order valence-electron chi connectivity index (χ3n) is 3.72. The number of aromatic amines is 1. The van der Waals surface area contributed by atoms with Crippen LogP contribution in [0, 0.1) is 11.8 Å². The van der Waals surface area contributed by atoms with Gasteiger partial charge in [0, 0.05) is 16.5 Å². The second-order valence-electron chi connectivity index (χ2n) is 5.04. The molecule has 1 aliphatic rings. The summed E-state index contributed by atoms with van der Waals surface area (Å²) >= 11 is 0. The first-order valence-corrected chi connectivity index (χ1v) is 6.40. The van der Waals surface area contributed by atoms with Crippen LogP contribution in [0.2, 0.25) is 0 Å². The second kappa shape index (κ2) is 3.63. The molecule has 1 heterocycles. The number of rotatable bonds is 0. The van der Waals surface area contributed by atoms with Gasteiger partial charge in [0.25, 0.3) is 11.2 Å². The van der Waals surface area contributed by atoms with Gasteiger partial charge < -0.3 is 4.98 Å². The fraction of sp³-hybridized carbons (Fsp3) is 0.0625. The van der Waals surface area contributed by atoms with Crippen LogP contribution in [0.4, 0.5) is 0 Å². The van der Waals surface area contributed by atoms with Crippen LogP contribution in [0.5, 0.6) is 0 Å². The Balaban J connectivity index is 2.20. The second-order valence-corrected chi connectivity index (χ2v) is 5.04. The maximum atomic E-state index is 12.6. The van der Waals surface area contributed by atoms with Gasteiger partial charge in [-0.05, 0) is 25.1 Å². The van der Waals surface area contributed by atoms with Gasteiger partial charge in [0.2, 0.25) is 5.78 Å². The summed E-state index contributed by atoms with van der Waals surface area (Å²) in [7, 11) is 0. The lowest BCUT2D eigenvalue weighted by Gasteiger charge is -1.95. The first-order valence-electron chi connectivity index (χ1n) is 6.40. The van der Waals surface area contributed by atoms with Gasteiger partial charge in [-0.2, -0.15) is 0 Å². The molecule has 1 N–H and O–H groups in total. The number of carbonyl (C=O) groups excluding carboxylic acids is 1. The summed E-state index contributed by atoms with van der Waals surface area (Å²) in [6.07, 6.45) is 0. The summed E-state index contributed by atoms with van der Waals surface area (Å²) in [6.45, 7) is 1.93. The molecule has 0 amide bonds. The molecule has 0 unspecified atom stereocenters. The van der Waals surface area contributed by atoms with Crippen molar-refractivity contribution in [1.29, 1.82) is 0 Å². The number of aryl methyl sites for hydroxylation is 1. The van der Waals surface area contributed by atoms with E-state index in [1.165, 1.54) is 0 Å². The van der Waals surface area contributed by atoms with Crippen LogP contribution in [0.15, 0.2) is 42.5 Å². The molecule has 0 aliphatic heterocycles. The highest BCUT2D eigenvalue weighted by Gasteiger charge is 2.37. The predicted octanol–water partition coefficient (Wildman–Crippen LogP) is 2.60. The highest BCUT2D eigenvalue weighted by atomic mass is 16.3. The van der Waals surface area contributed by atoms with Crippen molar-refractivity contribution in [3.8, 4) is 11.3 Å². The standard InChI is InChI=1S/C16H10N2O2/c1-9-6-7-10-11(8-9)16(19)14-15(10)18(20)13-5-3-2-4-12(13)17-14/h2-8H,1H3/p+1. The maximum Gasteiger partial charge on any atom is 0.298 e. The van der Waals surface area contributed by atoms with E-state index in [-0.39, 0.29) is 5.78 Å². The van der Waals surface area contributed by atoms with Gasteiger partial charge in [-0.15, -0.1) is 0 Å². The Kier molecular flexibility index (Phi) is 2.02. The number of aromatic nitrogens is 2. The molecular formula is C16H11N2O2+. The SMILES string of the molecule is Cc1ccc2c(c1)C(=O)c1[nH]c3ccccc3[n+](=O)c1-2. The Morgan fingerprint density at radius 3 is 2.70 bits per heavy atom. The van der Waals surface area contributed by atoms with E-state index in [0.29, 0.717) is 33.5 Å². The molecule has 0 fully saturated rings. The lowest BCUT2D eigenvalue weighted by atomic mass is 10.1. The average Bonchev–Trinajstić information content (AvgIpc) is 2.73. The Hall–Kier alpha value is -2.75. The number of benzene rings is 2. The number of ketones is 1. The summed E-state index contributed by atoms with van der Waals surface area (Å²) in [5, 5.41) is 0. The molecule has 2 aromatic carbocycles. The van der Waals surface area contributed by atoms with Crippen LogP contribution in [-0.4, -0.2) is 10.8 Å². The van der Waals surface area contributed by atoms with Crippen molar-refractivity contribution in [2.24, 2.45) is 0 Å². The van der Waals surface area contributed by atoms with Gasteiger partial charge in [-0.25, -0.2) is 0 Å². The number of nitrogens with zero attached hydrogens (tertiary/aromatic N) is 1. The highest BCUT2D eigenvalue weighted by Crippen LogP contribution is 2.33. The monoisotopic (exact) mass is 263 g/mol. The van der Waals surface area contributed by atoms with Crippen molar-refractivity contribution in [1.82, 2.24) is 4.98 Å². The Morgan fingerprint density at radius 2 is 1.85 bits per heavy atom. The van der Waals surface area contributed by atoms with Gasteiger partial charge >= 0.3 is 0 Å². The Labute approximate surface area is 114 Å². The van der Waals surface area contributed by atoms with Crippen LogP contribution in [0.1, 0.15) is 21.6 Å². The molecule has 1 aliphatic carbocycles. The summed E-state index contributed by atoms with van der Waals surface area (Å²) in [6, 6.07) is 12.8. The van der Waals surface area contributed by atoms with E-state index in [4.69, 9.17) is 0 Å². The minimum atomic E-state index is -0.117. The topological polar surface area (TPSA) is 55.8 Å². The average molecular weight is 263 g/mol. The van der Waals surface area contributed by atoms with Crippen molar-refractivity contribution in [3.05, 3.63) is 64.2 Å². The fourth-order valence-corrected chi connectivity index (χ4v) is 2.77. The number of hydrogen-bond donors (Lipinski definition) is 1. The van der Waals surface area contributed by atoms with Gasteiger partial charge in [0.15, 0.2) is 5.69 Å². The van der Waals surface area contributed by atoms with Crippen molar-refractivity contribution in [3.63, 3.8) is 0 Å². The summed E-state index contributed by atoms with van der Waals surface area (Å²) in [5.74, 6) is -0.117. The third kappa shape index (κ3) is 1.28. The zero-order valence-electron chi connectivity index (χ0n) is 10.8. The number of H-pyrrole nitrogens is 1. The molecule has 96 valence electrons. The number of carbonyl (C=O) groups is 1. The molecule has 1 aromatic heterocycles. The van der Waals surface area contributed by atoms with Gasteiger partial charge in [-0.3, -0.25) is 4.79 Å². The molecular weight excluding hydrogens is 252 g/mol. The number of fused-ring (bicyclic) bond motifs is 4. The van der Waals surface area contributed by atoms with E-state index in [2.05, 4.69) is 4.98 Å². The minimum Gasteiger partial charge on any atom is -0.341 e. The molecule has 4 heteroatoms. The molecule has 4 rings (SSSR count). The zero-order chi connectivity index (χ0) is 13.9. The molecule has 3 aromatic rings. The third-order valence-corrected chi connectivity index (χ3v) is 3.72. The molecule has 20 heavy (non-hydrogen) atoms. The van der Waals surface area contributed by atoms with Crippen molar-refractivity contribution < 1.29 is 9.22 Å². The molecule has 0 saturated carbocycles. The Bertz CT molecular complexity index is 954. The largest absolute Gasteiger partial charge is 0.341 e. The number of para-hydroxylation sites is 2.